The standard InChI is InChI=1S/C25H33FO/c1-3-5-19-7-9-21(10-8-19)18-27-25-16-15-23(17-24(25)26)22-13-11-20(6-4-2)12-14-22/h7-10,15-17,20,22H,3-6,11-14,18H2,1-2H3/t20-,22-. The smallest absolute Gasteiger partial charge is 0.165 e. The van der Waals surface area contributed by atoms with Crippen LogP contribution in [0.15, 0.2) is 42.5 Å². The molecule has 1 fully saturated rings. The third-order valence-electron chi connectivity index (χ3n) is 5.93. The van der Waals surface area contributed by atoms with Crippen molar-refractivity contribution in [1.82, 2.24) is 0 Å². The van der Waals surface area contributed by atoms with Gasteiger partial charge in [-0.15, -0.1) is 0 Å². The van der Waals surface area contributed by atoms with Crippen molar-refractivity contribution >= 4 is 0 Å². The second-order valence-electron chi connectivity index (χ2n) is 8.05. The highest BCUT2D eigenvalue weighted by molar-refractivity contribution is 5.32. The summed E-state index contributed by atoms with van der Waals surface area (Å²) in [4.78, 5) is 0. The zero-order valence-corrected chi connectivity index (χ0v) is 16.8. The fourth-order valence-electron chi connectivity index (χ4n) is 4.33. The minimum Gasteiger partial charge on any atom is -0.486 e. The lowest BCUT2D eigenvalue weighted by Gasteiger charge is -2.28. The van der Waals surface area contributed by atoms with Crippen LogP contribution in [0.5, 0.6) is 5.75 Å². The Balaban J connectivity index is 1.55. The normalized spacial score (nSPS) is 19.8. The van der Waals surface area contributed by atoms with E-state index in [-0.39, 0.29) is 5.82 Å². The average molecular weight is 369 g/mol. The Morgan fingerprint density at radius 2 is 1.59 bits per heavy atom. The van der Waals surface area contributed by atoms with Gasteiger partial charge >= 0.3 is 0 Å². The molecule has 0 saturated heterocycles. The van der Waals surface area contributed by atoms with Gasteiger partial charge in [0.25, 0.3) is 0 Å². The van der Waals surface area contributed by atoms with Crippen LogP contribution in [0.4, 0.5) is 4.39 Å². The molecule has 0 aliphatic heterocycles. The summed E-state index contributed by atoms with van der Waals surface area (Å²) in [5.41, 5.74) is 3.55. The van der Waals surface area contributed by atoms with Gasteiger partial charge in [0.1, 0.15) is 6.61 Å². The zero-order chi connectivity index (χ0) is 19.1. The molecule has 27 heavy (non-hydrogen) atoms. The van der Waals surface area contributed by atoms with Crippen LogP contribution in [0.1, 0.15) is 81.4 Å². The van der Waals surface area contributed by atoms with Crippen LogP contribution in [0, 0.1) is 11.7 Å². The molecular formula is C25H33FO. The highest BCUT2D eigenvalue weighted by Gasteiger charge is 2.22. The predicted octanol–water partition coefficient (Wildman–Crippen LogP) is 7.43. The molecular weight excluding hydrogens is 335 g/mol. The van der Waals surface area contributed by atoms with E-state index in [1.165, 1.54) is 44.1 Å². The van der Waals surface area contributed by atoms with Gasteiger partial charge in [0, 0.05) is 0 Å². The Morgan fingerprint density at radius 1 is 0.889 bits per heavy atom. The molecule has 0 aromatic heterocycles. The molecule has 1 aliphatic carbocycles. The third kappa shape index (κ3) is 5.57. The van der Waals surface area contributed by atoms with E-state index in [4.69, 9.17) is 4.74 Å². The molecule has 0 heterocycles. The van der Waals surface area contributed by atoms with E-state index < -0.39 is 0 Å². The van der Waals surface area contributed by atoms with Crippen LogP contribution in [0.3, 0.4) is 0 Å². The molecule has 1 saturated carbocycles. The molecule has 2 aromatic rings. The number of benzene rings is 2. The van der Waals surface area contributed by atoms with Crippen molar-refractivity contribution in [2.24, 2.45) is 5.92 Å². The van der Waals surface area contributed by atoms with E-state index in [0.717, 1.165) is 29.9 Å². The van der Waals surface area contributed by atoms with Crippen LogP contribution >= 0.6 is 0 Å². The molecule has 3 rings (SSSR count). The molecule has 1 aliphatic rings. The average Bonchev–Trinajstić information content (AvgIpc) is 2.69. The lowest BCUT2D eigenvalue weighted by Crippen LogP contribution is -2.13. The maximum Gasteiger partial charge on any atom is 0.165 e. The highest BCUT2D eigenvalue weighted by Crippen LogP contribution is 2.38. The van der Waals surface area contributed by atoms with Crippen molar-refractivity contribution < 1.29 is 9.13 Å². The number of halogens is 1. The fraction of sp³-hybridized carbons (Fsp3) is 0.520. The number of aryl methyl sites for hydroxylation is 1. The van der Waals surface area contributed by atoms with E-state index in [1.54, 1.807) is 6.07 Å². The Bertz CT molecular complexity index is 699. The van der Waals surface area contributed by atoms with E-state index in [0.29, 0.717) is 18.3 Å². The van der Waals surface area contributed by atoms with Crippen molar-refractivity contribution in [2.75, 3.05) is 0 Å². The molecule has 0 spiro atoms. The van der Waals surface area contributed by atoms with E-state index >= 15 is 0 Å². The second-order valence-corrected chi connectivity index (χ2v) is 8.05. The Labute approximate surface area is 164 Å². The Morgan fingerprint density at radius 3 is 2.22 bits per heavy atom. The minimum atomic E-state index is -0.231. The maximum absolute atomic E-state index is 14.5. The summed E-state index contributed by atoms with van der Waals surface area (Å²) >= 11 is 0. The first-order valence-corrected chi connectivity index (χ1v) is 10.7. The zero-order valence-electron chi connectivity index (χ0n) is 16.8. The van der Waals surface area contributed by atoms with E-state index in [2.05, 4.69) is 44.2 Å². The molecule has 146 valence electrons. The van der Waals surface area contributed by atoms with Gasteiger partial charge in [0.2, 0.25) is 0 Å². The molecule has 0 radical (unpaired) electrons. The molecule has 0 atom stereocenters. The summed E-state index contributed by atoms with van der Waals surface area (Å²) in [6.45, 7) is 4.85. The summed E-state index contributed by atoms with van der Waals surface area (Å²) in [6, 6.07) is 14.0. The Hall–Kier alpha value is -1.83. The van der Waals surface area contributed by atoms with Crippen molar-refractivity contribution in [2.45, 2.75) is 77.7 Å². The number of ether oxygens (including phenoxy) is 1. The molecule has 0 amide bonds. The predicted molar refractivity (Wildman–Crippen MR) is 111 cm³/mol. The van der Waals surface area contributed by atoms with Gasteiger partial charge < -0.3 is 4.74 Å². The van der Waals surface area contributed by atoms with E-state index in [1.807, 2.05) is 6.07 Å². The number of hydrogen-bond donors (Lipinski definition) is 0. The van der Waals surface area contributed by atoms with Crippen molar-refractivity contribution in [1.29, 1.82) is 0 Å². The molecule has 0 unspecified atom stereocenters. The Kier molecular flexibility index (Phi) is 7.32. The van der Waals surface area contributed by atoms with Crippen LogP contribution in [-0.2, 0) is 13.0 Å². The van der Waals surface area contributed by atoms with Crippen molar-refractivity contribution in [3.8, 4) is 5.75 Å². The van der Waals surface area contributed by atoms with Gasteiger partial charge in [0.05, 0.1) is 0 Å². The fourth-order valence-corrected chi connectivity index (χ4v) is 4.33. The second kappa shape index (κ2) is 9.92. The molecule has 2 aromatic carbocycles. The summed E-state index contributed by atoms with van der Waals surface area (Å²) in [7, 11) is 0. The first-order chi connectivity index (χ1) is 13.2. The topological polar surface area (TPSA) is 9.23 Å². The molecule has 2 heteroatoms. The third-order valence-corrected chi connectivity index (χ3v) is 5.93. The van der Waals surface area contributed by atoms with Crippen LogP contribution in [-0.4, -0.2) is 0 Å². The SMILES string of the molecule is CCCc1ccc(COc2ccc([C@H]3CC[C@H](CCC)CC3)cc2F)cc1. The van der Waals surface area contributed by atoms with Gasteiger partial charge in [-0.25, -0.2) is 4.39 Å². The van der Waals surface area contributed by atoms with Crippen LogP contribution in [0.2, 0.25) is 0 Å². The van der Waals surface area contributed by atoms with Crippen LogP contribution < -0.4 is 4.74 Å². The minimum absolute atomic E-state index is 0.231. The molecule has 0 N–H and O–H groups in total. The molecule has 0 bridgehead atoms. The van der Waals surface area contributed by atoms with Crippen molar-refractivity contribution in [3.63, 3.8) is 0 Å². The number of rotatable bonds is 8. The van der Waals surface area contributed by atoms with Gasteiger partial charge in [0.15, 0.2) is 11.6 Å². The van der Waals surface area contributed by atoms with Crippen LogP contribution in [0.25, 0.3) is 0 Å². The van der Waals surface area contributed by atoms with Gasteiger partial charge in [-0.2, -0.15) is 0 Å². The quantitative estimate of drug-likeness (QED) is 0.471. The summed E-state index contributed by atoms with van der Waals surface area (Å²) in [5.74, 6) is 1.51. The molecule has 1 nitrogen and oxygen atoms in total. The maximum atomic E-state index is 14.5. The van der Waals surface area contributed by atoms with Crippen molar-refractivity contribution in [3.05, 3.63) is 65.0 Å². The van der Waals surface area contributed by atoms with Gasteiger partial charge in [-0.05, 0) is 72.8 Å². The monoisotopic (exact) mass is 368 g/mol. The lowest BCUT2D eigenvalue weighted by atomic mass is 9.77. The van der Waals surface area contributed by atoms with Gasteiger partial charge in [-0.3, -0.25) is 0 Å². The first kappa shape index (κ1) is 19.9. The summed E-state index contributed by atoms with van der Waals surface area (Å²) in [5, 5.41) is 0. The largest absolute Gasteiger partial charge is 0.486 e. The summed E-state index contributed by atoms with van der Waals surface area (Å²) in [6.07, 6.45) is 9.80. The lowest BCUT2D eigenvalue weighted by molar-refractivity contribution is 0.288. The summed E-state index contributed by atoms with van der Waals surface area (Å²) < 4.78 is 20.3. The highest BCUT2D eigenvalue weighted by atomic mass is 19.1. The first-order valence-electron chi connectivity index (χ1n) is 10.7. The number of hydrogen-bond acceptors (Lipinski definition) is 1. The van der Waals surface area contributed by atoms with E-state index in [9.17, 15) is 4.39 Å². The van der Waals surface area contributed by atoms with Gasteiger partial charge in [-0.1, -0.05) is 63.4 Å².